The van der Waals surface area contributed by atoms with Crippen LogP contribution in [0, 0.1) is 5.92 Å². The minimum Gasteiger partial charge on any atom is -0.495 e. The maximum Gasteiger partial charge on any atom is 0.229 e. The van der Waals surface area contributed by atoms with Gasteiger partial charge in [0.2, 0.25) is 5.91 Å². The van der Waals surface area contributed by atoms with Crippen molar-refractivity contribution in [3.63, 3.8) is 0 Å². The summed E-state index contributed by atoms with van der Waals surface area (Å²) in [5, 5.41) is 24.6. The normalized spacial score (nSPS) is 28.2. The monoisotopic (exact) mass is 556 g/mol. The van der Waals surface area contributed by atoms with Crippen LogP contribution in [0.1, 0.15) is 22.6 Å². The Morgan fingerprint density at radius 1 is 1.19 bits per heavy atom. The molecule has 1 aromatic heterocycles. The Hall–Kier alpha value is -3.01. The zero-order valence-electron chi connectivity index (χ0n) is 19.8. The lowest BCUT2D eigenvalue weighted by Crippen LogP contribution is -2.52. The molecular weight excluding hydrogens is 531 g/mol. The van der Waals surface area contributed by atoms with Crippen LogP contribution < -0.4 is 9.47 Å². The average Bonchev–Trinajstić information content (AvgIpc) is 3.27. The molecule has 1 aliphatic carbocycles. The summed E-state index contributed by atoms with van der Waals surface area (Å²) >= 11 is 3.45. The fourth-order valence-corrected chi connectivity index (χ4v) is 6.12. The number of alkyl halides is 1. The zero-order valence-corrected chi connectivity index (χ0v) is 21.4. The fraction of sp³-hybridized carbons (Fsp3) is 0.333. The van der Waals surface area contributed by atoms with Gasteiger partial charge in [0.1, 0.15) is 24.3 Å². The lowest BCUT2D eigenvalue weighted by molar-refractivity contribution is -0.156. The third-order valence-corrected chi connectivity index (χ3v) is 7.92. The van der Waals surface area contributed by atoms with E-state index in [1.807, 2.05) is 42.5 Å². The number of pyridine rings is 1. The first-order valence-electron chi connectivity index (χ1n) is 11.5. The number of rotatable bonds is 6. The minimum atomic E-state index is -2.10. The van der Waals surface area contributed by atoms with Crippen molar-refractivity contribution in [3.8, 4) is 11.5 Å². The summed E-state index contributed by atoms with van der Waals surface area (Å²) < 4.78 is 26.2. The molecule has 1 fully saturated rings. The lowest BCUT2D eigenvalue weighted by Gasteiger charge is -2.40. The van der Waals surface area contributed by atoms with Crippen LogP contribution in [0.3, 0.4) is 0 Å². The summed E-state index contributed by atoms with van der Waals surface area (Å²) in [5.74, 6) is -2.01. The molecule has 36 heavy (non-hydrogen) atoms. The Balaban J connectivity index is 1.85. The highest BCUT2D eigenvalue weighted by molar-refractivity contribution is 9.10. The predicted molar refractivity (Wildman–Crippen MR) is 133 cm³/mol. The number of fused-ring (bicyclic) bond motifs is 3. The molecule has 0 bridgehead atoms. The summed E-state index contributed by atoms with van der Waals surface area (Å²) in [6, 6.07) is 16.4. The van der Waals surface area contributed by atoms with Gasteiger partial charge in [-0.3, -0.25) is 9.78 Å². The highest BCUT2D eigenvalue weighted by Crippen LogP contribution is 2.69. The standard InChI is InChI=1S/C27H26BrFN2O5/c1-31(13-12-29)25(33)21-22(16-6-4-3-5-7-16)27(17-8-10-18(28)11-9-17)26(34,24(21)32)23-19(35-2)14-30-15-20(23)36-27/h3-11,14-15,21-22,24,32,34H,12-13H2,1-2H3/t21-,22-,24-,26+,27+/m1/s1. The Morgan fingerprint density at radius 3 is 2.53 bits per heavy atom. The van der Waals surface area contributed by atoms with Crippen molar-refractivity contribution in [3.05, 3.63) is 88.2 Å². The smallest absolute Gasteiger partial charge is 0.229 e. The molecule has 1 saturated carbocycles. The molecule has 3 aromatic rings. The molecule has 5 atom stereocenters. The van der Waals surface area contributed by atoms with E-state index in [-0.39, 0.29) is 23.6 Å². The van der Waals surface area contributed by atoms with Crippen molar-refractivity contribution in [2.45, 2.75) is 23.2 Å². The van der Waals surface area contributed by atoms with E-state index in [0.717, 1.165) is 4.47 Å². The van der Waals surface area contributed by atoms with Gasteiger partial charge in [0.05, 0.1) is 31.0 Å². The van der Waals surface area contributed by atoms with Crippen LogP contribution in [-0.4, -0.2) is 59.5 Å². The zero-order chi connectivity index (χ0) is 25.7. The third kappa shape index (κ3) is 3.29. The van der Waals surface area contributed by atoms with E-state index in [1.165, 1.54) is 31.5 Å². The first kappa shape index (κ1) is 24.7. The molecule has 0 spiro atoms. The van der Waals surface area contributed by atoms with E-state index in [0.29, 0.717) is 11.1 Å². The van der Waals surface area contributed by atoms with Gasteiger partial charge in [0.25, 0.3) is 0 Å². The second-order valence-electron chi connectivity index (χ2n) is 9.13. The molecule has 7 nitrogen and oxygen atoms in total. The summed E-state index contributed by atoms with van der Waals surface area (Å²) in [6.07, 6.45) is 1.29. The topological polar surface area (TPSA) is 92.1 Å². The van der Waals surface area contributed by atoms with Gasteiger partial charge in [0.15, 0.2) is 11.2 Å². The average molecular weight is 557 g/mol. The van der Waals surface area contributed by atoms with Crippen LogP contribution >= 0.6 is 15.9 Å². The van der Waals surface area contributed by atoms with Crippen molar-refractivity contribution in [1.29, 1.82) is 0 Å². The molecule has 2 aromatic carbocycles. The molecule has 2 N–H and O–H groups in total. The molecule has 0 saturated heterocycles. The number of ether oxygens (including phenoxy) is 2. The Morgan fingerprint density at radius 2 is 1.89 bits per heavy atom. The number of methoxy groups -OCH3 is 1. The van der Waals surface area contributed by atoms with Crippen molar-refractivity contribution in [1.82, 2.24) is 9.88 Å². The Kier molecular flexibility index (Phi) is 6.26. The van der Waals surface area contributed by atoms with Crippen molar-refractivity contribution in [2.75, 3.05) is 27.4 Å². The van der Waals surface area contributed by atoms with Crippen LogP contribution in [0.15, 0.2) is 71.5 Å². The van der Waals surface area contributed by atoms with E-state index in [1.54, 1.807) is 12.1 Å². The Bertz CT molecular complexity index is 1280. The van der Waals surface area contributed by atoms with E-state index in [9.17, 15) is 19.4 Å². The number of hydrogen-bond donors (Lipinski definition) is 2. The maximum atomic E-state index is 13.8. The molecule has 5 rings (SSSR count). The van der Waals surface area contributed by atoms with Crippen molar-refractivity contribution >= 4 is 21.8 Å². The van der Waals surface area contributed by atoms with Crippen molar-refractivity contribution < 1.29 is 28.9 Å². The fourth-order valence-electron chi connectivity index (χ4n) is 5.86. The van der Waals surface area contributed by atoms with Crippen LogP contribution in [0.25, 0.3) is 0 Å². The Labute approximate surface area is 216 Å². The van der Waals surface area contributed by atoms with Gasteiger partial charge >= 0.3 is 0 Å². The van der Waals surface area contributed by atoms with Crippen LogP contribution in [0.4, 0.5) is 4.39 Å². The number of amides is 1. The molecule has 0 radical (unpaired) electrons. The number of carbonyl (C=O) groups excluding carboxylic acids is 1. The number of hydrogen-bond acceptors (Lipinski definition) is 6. The third-order valence-electron chi connectivity index (χ3n) is 7.39. The highest BCUT2D eigenvalue weighted by atomic mass is 79.9. The SMILES string of the molecule is COc1cncc2c1[C@]1(O)[C@H](O)[C@H](C(=O)N(C)CCF)[C@@H](c3ccccc3)[C@]1(c1ccc(Br)cc1)O2. The summed E-state index contributed by atoms with van der Waals surface area (Å²) in [4.78, 5) is 19.2. The summed E-state index contributed by atoms with van der Waals surface area (Å²) in [5.41, 5.74) is -2.25. The van der Waals surface area contributed by atoms with Crippen molar-refractivity contribution in [2.24, 2.45) is 5.92 Å². The largest absolute Gasteiger partial charge is 0.495 e. The lowest BCUT2D eigenvalue weighted by atomic mass is 9.70. The van der Waals surface area contributed by atoms with Gasteiger partial charge in [-0.1, -0.05) is 58.4 Å². The van der Waals surface area contributed by atoms with Crippen LogP contribution in [0.2, 0.25) is 0 Å². The number of nitrogens with zero attached hydrogens (tertiary/aromatic N) is 2. The van der Waals surface area contributed by atoms with Gasteiger partial charge in [-0.15, -0.1) is 0 Å². The summed E-state index contributed by atoms with van der Waals surface area (Å²) in [6.45, 7) is -0.875. The second-order valence-corrected chi connectivity index (χ2v) is 10.0. The molecular formula is C27H26BrFN2O5. The van der Waals surface area contributed by atoms with Gasteiger partial charge in [-0.05, 0) is 23.3 Å². The van der Waals surface area contributed by atoms with Crippen LogP contribution in [0.5, 0.6) is 11.5 Å². The first-order chi connectivity index (χ1) is 17.3. The molecule has 1 amide bonds. The summed E-state index contributed by atoms with van der Waals surface area (Å²) in [7, 11) is 2.92. The van der Waals surface area contributed by atoms with Gasteiger partial charge in [-0.2, -0.15) is 0 Å². The van der Waals surface area contributed by atoms with Gasteiger partial charge < -0.3 is 24.6 Å². The predicted octanol–water partition coefficient (Wildman–Crippen LogP) is 3.53. The van der Waals surface area contributed by atoms with E-state index < -0.39 is 41.7 Å². The highest BCUT2D eigenvalue weighted by Gasteiger charge is 2.78. The number of aliphatic hydroxyl groups excluding tert-OH is 1. The number of carbonyl (C=O) groups is 1. The molecule has 2 heterocycles. The molecule has 0 unspecified atom stereocenters. The number of halogens is 2. The molecule has 2 aliphatic rings. The quantitative estimate of drug-likeness (QED) is 0.482. The number of benzene rings is 2. The molecule has 188 valence electrons. The molecule has 9 heteroatoms. The molecule has 1 aliphatic heterocycles. The van der Waals surface area contributed by atoms with E-state index in [2.05, 4.69) is 20.9 Å². The number of aliphatic hydroxyl groups is 2. The van der Waals surface area contributed by atoms with E-state index in [4.69, 9.17) is 9.47 Å². The number of aromatic nitrogens is 1. The maximum absolute atomic E-state index is 13.8. The van der Waals surface area contributed by atoms with Gasteiger partial charge in [-0.25, -0.2) is 4.39 Å². The first-order valence-corrected chi connectivity index (χ1v) is 12.3. The second kappa shape index (κ2) is 9.14. The van der Waals surface area contributed by atoms with E-state index >= 15 is 0 Å². The van der Waals surface area contributed by atoms with Gasteiger partial charge in [0, 0.05) is 24.0 Å². The van der Waals surface area contributed by atoms with Crippen LogP contribution in [-0.2, 0) is 16.0 Å². The minimum absolute atomic E-state index is 0.141.